The molecule has 0 aromatic heterocycles. The molecule has 0 radical (unpaired) electrons. The van der Waals surface area contributed by atoms with Crippen molar-refractivity contribution in [3.8, 4) is 11.5 Å². The summed E-state index contributed by atoms with van der Waals surface area (Å²) in [5.74, 6) is -1.16. The number of carbonyl (C=O) groups excluding carboxylic acids is 2. The van der Waals surface area contributed by atoms with Gasteiger partial charge < -0.3 is 14.9 Å². The highest BCUT2D eigenvalue weighted by Gasteiger charge is 2.47. The van der Waals surface area contributed by atoms with Gasteiger partial charge in [-0.3, -0.25) is 14.5 Å². The molecule has 3 aromatic rings. The van der Waals surface area contributed by atoms with Gasteiger partial charge in [-0.05, 0) is 59.7 Å². The summed E-state index contributed by atoms with van der Waals surface area (Å²) in [6.07, 6.45) is 0.698. The molecule has 1 atom stereocenters. The smallest absolute Gasteiger partial charge is 0.300 e. The molecule has 1 fully saturated rings. The van der Waals surface area contributed by atoms with Crippen molar-refractivity contribution in [3.63, 3.8) is 0 Å². The first-order valence-electron chi connectivity index (χ1n) is 10.1. The average Bonchev–Trinajstić information content (AvgIpc) is 3.35. The van der Waals surface area contributed by atoms with Gasteiger partial charge in [-0.25, -0.2) is 0 Å². The third-order valence-corrected chi connectivity index (χ3v) is 5.91. The minimum Gasteiger partial charge on any atom is -0.508 e. The lowest BCUT2D eigenvalue weighted by molar-refractivity contribution is -0.132. The largest absolute Gasteiger partial charge is 0.508 e. The fourth-order valence-corrected chi connectivity index (χ4v) is 4.41. The summed E-state index contributed by atoms with van der Waals surface area (Å²) in [4.78, 5) is 27.6. The second-order valence-electron chi connectivity index (χ2n) is 7.66. The van der Waals surface area contributed by atoms with E-state index in [0.717, 1.165) is 11.3 Å². The summed E-state index contributed by atoms with van der Waals surface area (Å²) in [5, 5.41) is 21.7. The normalized spacial score (nSPS) is 19.2. The van der Waals surface area contributed by atoms with E-state index in [9.17, 15) is 19.8 Å². The van der Waals surface area contributed by atoms with Crippen molar-refractivity contribution in [1.82, 2.24) is 0 Å². The lowest BCUT2D eigenvalue weighted by Crippen LogP contribution is -2.29. The number of aliphatic hydroxyl groups excluding tert-OH is 1. The number of amides is 1. The van der Waals surface area contributed by atoms with Crippen LogP contribution in [-0.4, -0.2) is 28.5 Å². The van der Waals surface area contributed by atoms with Crippen molar-refractivity contribution in [2.75, 3.05) is 11.5 Å². The van der Waals surface area contributed by atoms with Crippen molar-refractivity contribution >= 4 is 34.7 Å². The molecule has 1 unspecified atom stereocenters. The minimum absolute atomic E-state index is 0.0196. The number of rotatable bonds is 3. The van der Waals surface area contributed by atoms with E-state index in [4.69, 9.17) is 16.3 Å². The zero-order chi connectivity index (χ0) is 22.4. The molecule has 5 rings (SSSR count). The van der Waals surface area contributed by atoms with Crippen LogP contribution in [-0.2, 0) is 16.0 Å². The molecule has 2 aliphatic heterocycles. The van der Waals surface area contributed by atoms with Gasteiger partial charge in [0.25, 0.3) is 11.7 Å². The van der Waals surface area contributed by atoms with Crippen LogP contribution in [0.5, 0.6) is 11.5 Å². The Morgan fingerprint density at radius 2 is 1.84 bits per heavy atom. The standard InChI is InChI=1S/C25H18ClNO5/c26-17-4-2-5-18(13-17)27-22(15-3-1-6-19(28)12-15)21(24(30)25(27)31)23(29)16-7-8-20-14(11-16)9-10-32-20/h1-8,11-13,22,28-29H,9-10H2/b23-21-. The first-order valence-corrected chi connectivity index (χ1v) is 10.4. The van der Waals surface area contributed by atoms with E-state index < -0.39 is 17.7 Å². The van der Waals surface area contributed by atoms with E-state index in [1.807, 2.05) is 0 Å². The summed E-state index contributed by atoms with van der Waals surface area (Å²) in [6.45, 7) is 0.558. The van der Waals surface area contributed by atoms with Crippen molar-refractivity contribution < 1.29 is 24.5 Å². The number of nitrogens with zero attached hydrogens (tertiary/aromatic N) is 1. The van der Waals surface area contributed by atoms with Crippen LogP contribution in [0.2, 0.25) is 5.02 Å². The van der Waals surface area contributed by atoms with Crippen LogP contribution in [0.4, 0.5) is 5.69 Å². The molecular weight excluding hydrogens is 430 g/mol. The maximum absolute atomic E-state index is 13.2. The fourth-order valence-electron chi connectivity index (χ4n) is 4.22. The number of carbonyl (C=O) groups is 2. The number of hydrogen-bond donors (Lipinski definition) is 2. The number of ether oxygens (including phenoxy) is 1. The predicted octanol–water partition coefficient (Wildman–Crippen LogP) is 4.61. The van der Waals surface area contributed by atoms with Gasteiger partial charge in [0, 0.05) is 22.7 Å². The molecule has 6 nitrogen and oxygen atoms in total. The zero-order valence-corrected chi connectivity index (χ0v) is 17.5. The van der Waals surface area contributed by atoms with Crippen LogP contribution in [0, 0.1) is 0 Å². The second-order valence-corrected chi connectivity index (χ2v) is 8.10. The molecule has 1 amide bonds. The van der Waals surface area contributed by atoms with E-state index in [1.165, 1.54) is 17.0 Å². The number of Topliss-reactive ketones (excluding diaryl/α,β-unsaturated/α-hetero) is 1. The number of anilines is 1. The molecule has 2 heterocycles. The molecule has 32 heavy (non-hydrogen) atoms. The Balaban J connectivity index is 1.72. The number of halogens is 1. The SMILES string of the molecule is O=C1C(=O)N(c2cccc(Cl)c2)C(c2cccc(O)c2)/C1=C(/O)c1ccc2c(c1)CCO2. The molecule has 3 aromatic carbocycles. The summed E-state index contributed by atoms with van der Waals surface area (Å²) in [5.41, 5.74) is 2.18. The molecule has 0 spiro atoms. The van der Waals surface area contributed by atoms with Gasteiger partial charge in [0.05, 0.1) is 18.2 Å². The number of aromatic hydroxyl groups is 1. The Morgan fingerprint density at radius 3 is 2.62 bits per heavy atom. The number of ketones is 1. The van der Waals surface area contributed by atoms with Gasteiger partial charge >= 0.3 is 0 Å². The van der Waals surface area contributed by atoms with Crippen LogP contribution in [0.1, 0.15) is 22.7 Å². The summed E-state index contributed by atoms with van der Waals surface area (Å²) < 4.78 is 5.52. The molecule has 0 saturated carbocycles. The van der Waals surface area contributed by atoms with Gasteiger partial charge in [0.15, 0.2) is 0 Å². The Hall–Kier alpha value is -3.77. The monoisotopic (exact) mass is 447 g/mol. The molecule has 160 valence electrons. The molecule has 0 bridgehead atoms. The number of fused-ring (bicyclic) bond motifs is 1. The average molecular weight is 448 g/mol. The van der Waals surface area contributed by atoms with Gasteiger partial charge in [-0.1, -0.05) is 29.8 Å². The topological polar surface area (TPSA) is 87.1 Å². The van der Waals surface area contributed by atoms with E-state index in [2.05, 4.69) is 0 Å². The Morgan fingerprint density at radius 1 is 1.03 bits per heavy atom. The summed E-state index contributed by atoms with van der Waals surface area (Å²) in [6, 6.07) is 17.1. The van der Waals surface area contributed by atoms with Crippen molar-refractivity contribution in [2.45, 2.75) is 12.5 Å². The second kappa shape index (κ2) is 7.73. The molecular formula is C25H18ClNO5. The number of aliphatic hydroxyl groups is 1. The zero-order valence-electron chi connectivity index (χ0n) is 16.8. The quantitative estimate of drug-likeness (QED) is 0.348. The van der Waals surface area contributed by atoms with Gasteiger partial charge in [-0.2, -0.15) is 0 Å². The lowest BCUT2D eigenvalue weighted by atomic mass is 9.94. The minimum atomic E-state index is -0.940. The van der Waals surface area contributed by atoms with Gasteiger partial charge in [0.2, 0.25) is 0 Å². The third-order valence-electron chi connectivity index (χ3n) is 5.68. The van der Waals surface area contributed by atoms with Crippen LogP contribution >= 0.6 is 11.6 Å². The Kier molecular flexibility index (Phi) is 4.87. The first kappa shape index (κ1) is 20.2. The van der Waals surface area contributed by atoms with Gasteiger partial charge in [-0.15, -0.1) is 0 Å². The molecule has 2 aliphatic rings. The Bertz CT molecular complexity index is 1300. The molecule has 7 heteroatoms. The van der Waals surface area contributed by atoms with Crippen LogP contribution in [0.3, 0.4) is 0 Å². The van der Waals surface area contributed by atoms with E-state index in [1.54, 1.807) is 54.6 Å². The molecule has 1 saturated heterocycles. The van der Waals surface area contributed by atoms with Crippen molar-refractivity contribution in [1.29, 1.82) is 0 Å². The lowest BCUT2D eigenvalue weighted by Gasteiger charge is -2.25. The summed E-state index contributed by atoms with van der Waals surface area (Å²) >= 11 is 6.14. The maximum atomic E-state index is 13.2. The highest BCUT2D eigenvalue weighted by Crippen LogP contribution is 2.43. The first-order chi connectivity index (χ1) is 15.4. The van der Waals surface area contributed by atoms with E-state index in [0.29, 0.717) is 34.9 Å². The van der Waals surface area contributed by atoms with E-state index in [-0.39, 0.29) is 17.1 Å². The molecule has 0 aliphatic carbocycles. The number of phenols is 1. The highest BCUT2D eigenvalue weighted by molar-refractivity contribution is 6.51. The highest BCUT2D eigenvalue weighted by atomic mass is 35.5. The number of phenolic OH excluding ortho intramolecular Hbond substituents is 1. The third kappa shape index (κ3) is 3.29. The summed E-state index contributed by atoms with van der Waals surface area (Å²) in [7, 11) is 0. The number of benzene rings is 3. The molecule has 2 N–H and O–H groups in total. The van der Waals surface area contributed by atoms with Crippen LogP contribution in [0.15, 0.2) is 72.3 Å². The van der Waals surface area contributed by atoms with Crippen molar-refractivity contribution in [3.05, 3.63) is 94.0 Å². The Labute approximate surface area is 188 Å². The van der Waals surface area contributed by atoms with Crippen LogP contribution < -0.4 is 9.64 Å². The predicted molar refractivity (Wildman–Crippen MR) is 120 cm³/mol. The fraction of sp³-hybridized carbons (Fsp3) is 0.120. The maximum Gasteiger partial charge on any atom is 0.300 e. The number of hydrogen-bond acceptors (Lipinski definition) is 5. The van der Waals surface area contributed by atoms with Crippen molar-refractivity contribution in [2.24, 2.45) is 0 Å². The van der Waals surface area contributed by atoms with Crippen LogP contribution in [0.25, 0.3) is 5.76 Å². The van der Waals surface area contributed by atoms with E-state index >= 15 is 0 Å². The van der Waals surface area contributed by atoms with Gasteiger partial charge in [0.1, 0.15) is 17.3 Å².